The van der Waals surface area contributed by atoms with E-state index in [9.17, 15) is 10.1 Å². The van der Waals surface area contributed by atoms with Gasteiger partial charge in [-0.3, -0.25) is 10.1 Å². The third-order valence-corrected chi connectivity index (χ3v) is 2.16. The van der Waals surface area contributed by atoms with Crippen LogP contribution in [0.3, 0.4) is 0 Å². The summed E-state index contributed by atoms with van der Waals surface area (Å²) in [5, 5.41) is 10.3. The van der Waals surface area contributed by atoms with Gasteiger partial charge < -0.3 is 0 Å². The van der Waals surface area contributed by atoms with Gasteiger partial charge in [-0.15, -0.1) is 0 Å². The van der Waals surface area contributed by atoms with E-state index in [1.54, 1.807) is 18.2 Å². The first-order chi connectivity index (χ1) is 5.25. The van der Waals surface area contributed by atoms with Crippen LogP contribution in [0.15, 0.2) is 29.2 Å². The normalized spacial score (nSPS) is 9.55. The van der Waals surface area contributed by atoms with Crippen LogP contribution >= 0.6 is 21.7 Å². The van der Waals surface area contributed by atoms with Gasteiger partial charge in [-0.25, -0.2) is 0 Å². The second kappa shape index (κ2) is 3.59. The molecule has 1 rings (SSSR count). The molecule has 0 aliphatic rings. The van der Waals surface area contributed by atoms with Gasteiger partial charge in [0.05, 0.1) is 4.92 Å². The zero-order chi connectivity index (χ0) is 8.27. The van der Waals surface area contributed by atoms with Crippen molar-refractivity contribution >= 4 is 27.3 Å². The minimum absolute atomic E-state index is 0.0486. The molecule has 0 amide bonds. The standard InChI is InChI=1S/C6H4ClNO2S/c7-11-6-4-2-1-3-5(6)8(9)10/h1-4H. The Morgan fingerprint density at radius 3 is 2.55 bits per heavy atom. The molecule has 0 saturated heterocycles. The van der Waals surface area contributed by atoms with Gasteiger partial charge >= 0.3 is 0 Å². The topological polar surface area (TPSA) is 43.1 Å². The monoisotopic (exact) mass is 189 g/mol. The molecule has 5 heteroatoms. The van der Waals surface area contributed by atoms with E-state index in [4.69, 9.17) is 10.7 Å². The molecule has 0 aromatic heterocycles. The highest BCUT2D eigenvalue weighted by atomic mass is 35.7. The fourth-order valence-electron chi connectivity index (χ4n) is 0.673. The van der Waals surface area contributed by atoms with Crippen LogP contribution < -0.4 is 0 Å². The highest BCUT2D eigenvalue weighted by molar-refractivity contribution is 8.21. The van der Waals surface area contributed by atoms with Crippen LogP contribution in [0, 0.1) is 10.1 Å². The van der Waals surface area contributed by atoms with Crippen LogP contribution in [0.4, 0.5) is 5.69 Å². The average molecular weight is 190 g/mol. The molecule has 1 aromatic rings. The van der Waals surface area contributed by atoms with Gasteiger partial charge in [0.2, 0.25) is 0 Å². The molecule has 0 unspecified atom stereocenters. The summed E-state index contributed by atoms with van der Waals surface area (Å²) in [5.41, 5.74) is 0.0486. The van der Waals surface area contributed by atoms with Crippen molar-refractivity contribution in [1.82, 2.24) is 0 Å². The van der Waals surface area contributed by atoms with E-state index in [0.29, 0.717) is 4.90 Å². The van der Waals surface area contributed by atoms with Gasteiger partial charge in [0.15, 0.2) is 0 Å². The molecule has 0 fully saturated rings. The number of nitro benzene ring substituents is 1. The van der Waals surface area contributed by atoms with Crippen molar-refractivity contribution in [2.45, 2.75) is 4.90 Å². The van der Waals surface area contributed by atoms with Crippen molar-refractivity contribution in [3.8, 4) is 0 Å². The van der Waals surface area contributed by atoms with Crippen LogP contribution in [0.2, 0.25) is 0 Å². The Balaban J connectivity index is 3.12. The van der Waals surface area contributed by atoms with E-state index in [1.807, 2.05) is 0 Å². The predicted octanol–water partition coefficient (Wildman–Crippen LogP) is 2.84. The zero-order valence-corrected chi connectivity index (χ0v) is 6.93. The summed E-state index contributed by atoms with van der Waals surface area (Å²) in [5.74, 6) is 0. The molecule has 0 heterocycles. The summed E-state index contributed by atoms with van der Waals surface area (Å²) in [4.78, 5) is 10.3. The van der Waals surface area contributed by atoms with Crippen LogP contribution in [0.5, 0.6) is 0 Å². The summed E-state index contributed by atoms with van der Waals surface area (Å²) in [6.45, 7) is 0. The Labute approximate surface area is 72.0 Å². The van der Waals surface area contributed by atoms with Gasteiger partial charge in [-0.2, -0.15) is 0 Å². The van der Waals surface area contributed by atoms with Crippen molar-refractivity contribution in [2.24, 2.45) is 0 Å². The molecule has 58 valence electrons. The lowest BCUT2D eigenvalue weighted by molar-refractivity contribution is -0.387. The van der Waals surface area contributed by atoms with Crippen molar-refractivity contribution in [2.75, 3.05) is 0 Å². The van der Waals surface area contributed by atoms with Crippen LogP contribution in [0.1, 0.15) is 0 Å². The van der Waals surface area contributed by atoms with Crippen molar-refractivity contribution in [3.63, 3.8) is 0 Å². The van der Waals surface area contributed by atoms with Crippen molar-refractivity contribution < 1.29 is 4.92 Å². The maximum atomic E-state index is 10.3. The third-order valence-electron chi connectivity index (χ3n) is 1.15. The first kappa shape index (κ1) is 8.36. The van der Waals surface area contributed by atoms with Crippen molar-refractivity contribution in [1.29, 1.82) is 0 Å². The quantitative estimate of drug-likeness (QED) is 0.531. The maximum Gasteiger partial charge on any atom is 0.284 e. The number of nitrogens with zero attached hydrogens (tertiary/aromatic N) is 1. The average Bonchev–Trinajstić information content (AvgIpc) is 2.04. The smallest absolute Gasteiger partial charge is 0.258 e. The second-order valence-corrected chi connectivity index (χ2v) is 2.86. The van der Waals surface area contributed by atoms with Gasteiger partial charge in [0, 0.05) is 6.07 Å². The zero-order valence-electron chi connectivity index (χ0n) is 5.36. The third kappa shape index (κ3) is 1.85. The molecular weight excluding hydrogens is 186 g/mol. The molecule has 0 N–H and O–H groups in total. The molecule has 0 aliphatic carbocycles. The Morgan fingerprint density at radius 2 is 2.09 bits per heavy atom. The van der Waals surface area contributed by atoms with Crippen LogP contribution in [-0.2, 0) is 0 Å². The van der Waals surface area contributed by atoms with E-state index in [1.165, 1.54) is 6.07 Å². The number of halogens is 1. The maximum absolute atomic E-state index is 10.3. The number of benzene rings is 1. The highest BCUT2D eigenvalue weighted by Gasteiger charge is 2.10. The minimum Gasteiger partial charge on any atom is -0.258 e. The van der Waals surface area contributed by atoms with E-state index in [2.05, 4.69) is 0 Å². The summed E-state index contributed by atoms with van der Waals surface area (Å²) >= 11 is 0. The van der Waals surface area contributed by atoms with E-state index in [-0.39, 0.29) is 5.69 Å². The van der Waals surface area contributed by atoms with Crippen molar-refractivity contribution in [3.05, 3.63) is 34.4 Å². The minimum atomic E-state index is -0.454. The Bertz CT molecular complexity index is 279. The van der Waals surface area contributed by atoms with E-state index < -0.39 is 4.92 Å². The Kier molecular flexibility index (Phi) is 2.73. The SMILES string of the molecule is O=[N+]([O-])c1ccccc1SCl. The molecule has 1 aromatic carbocycles. The number of hydrogen-bond donors (Lipinski definition) is 0. The van der Waals surface area contributed by atoms with E-state index >= 15 is 0 Å². The van der Waals surface area contributed by atoms with Gasteiger partial charge in [-0.1, -0.05) is 12.1 Å². The number of rotatable bonds is 2. The largest absolute Gasteiger partial charge is 0.284 e. The molecule has 0 radical (unpaired) electrons. The number of para-hydroxylation sites is 1. The molecule has 0 atom stereocenters. The second-order valence-electron chi connectivity index (χ2n) is 1.80. The summed E-state index contributed by atoms with van der Waals surface area (Å²) in [6, 6.07) is 6.34. The lowest BCUT2D eigenvalue weighted by Gasteiger charge is -1.94. The van der Waals surface area contributed by atoms with Gasteiger partial charge in [-0.05, 0) is 27.7 Å². The summed E-state index contributed by atoms with van der Waals surface area (Å²) < 4.78 is 0. The molecule has 11 heavy (non-hydrogen) atoms. The predicted molar refractivity (Wildman–Crippen MR) is 44.8 cm³/mol. The fraction of sp³-hybridized carbons (Fsp3) is 0. The first-order valence-corrected chi connectivity index (χ1v) is 4.42. The van der Waals surface area contributed by atoms with Gasteiger partial charge in [0.25, 0.3) is 5.69 Å². The molecular formula is C6H4ClNO2S. The Hall–Kier alpha value is -0.740. The molecule has 3 nitrogen and oxygen atoms in total. The molecule has 0 spiro atoms. The lowest BCUT2D eigenvalue weighted by atomic mass is 10.3. The lowest BCUT2D eigenvalue weighted by Crippen LogP contribution is -1.88. The molecule has 0 bridgehead atoms. The van der Waals surface area contributed by atoms with Gasteiger partial charge in [0.1, 0.15) is 4.90 Å². The molecule has 0 aliphatic heterocycles. The van der Waals surface area contributed by atoms with Crippen LogP contribution in [0.25, 0.3) is 0 Å². The highest BCUT2D eigenvalue weighted by Crippen LogP contribution is 2.30. The van der Waals surface area contributed by atoms with E-state index in [0.717, 1.165) is 11.0 Å². The van der Waals surface area contributed by atoms with Crippen LogP contribution in [-0.4, -0.2) is 4.92 Å². The Morgan fingerprint density at radius 1 is 1.45 bits per heavy atom. The fourth-order valence-corrected chi connectivity index (χ4v) is 1.42. The first-order valence-electron chi connectivity index (χ1n) is 2.77. The number of nitro groups is 1. The molecule has 0 saturated carbocycles. The summed E-state index contributed by atoms with van der Waals surface area (Å²) in [7, 11) is 6.24. The number of hydrogen-bond acceptors (Lipinski definition) is 3. The summed E-state index contributed by atoms with van der Waals surface area (Å²) in [6.07, 6.45) is 0.